The van der Waals surface area contributed by atoms with Crippen LogP contribution in [-0.2, 0) is 4.79 Å². The Bertz CT molecular complexity index is 1900. The second-order valence-electron chi connectivity index (χ2n) is 11.4. The van der Waals surface area contributed by atoms with Gasteiger partial charge in [0.05, 0.1) is 23.1 Å². The third-order valence-electron chi connectivity index (χ3n) is 8.54. The Hall–Kier alpha value is -5.46. The van der Waals surface area contributed by atoms with Gasteiger partial charge in [-0.25, -0.2) is 4.98 Å². The van der Waals surface area contributed by atoms with E-state index < -0.39 is 0 Å². The van der Waals surface area contributed by atoms with Crippen molar-refractivity contribution < 1.29 is 14.4 Å². The van der Waals surface area contributed by atoms with Gasteiger partial charge in [-0.15, -0.1) is 5.10 Å². The van der Waals surface area contributed by atoms with Crippen molar-refractivity contribution in [1.82, 2.24) is 39.7 Å². The molecule has 0 spiro atoms. The minimum atomic E-state index is -0.323. The molecule has 6 heterocycles. The number of Topliss-reactive ketones (excluding diaryl/α,β-unsaturated/α-hetero) is 1. The maximum absolute atomic E-state index is 13.5. The SMILES string of the molecule is CC(=O)Nc1n[nH]c(C(=O)N2[C@@H]3CC[C@H]2CC(c2nc4c(-c5ccc(-c6ccccc6)nc5)cnn4c(N)c2C(C)=O)C3)n1. The van der Waals surface area contributed by atoms with Crippen molar-refractivity contribution in [3.8, 4) is 22.4 Å². The van der Waals surface area contributed by atoms with Crippen LogP contribution in [0.15, 0.2) is 54.9 Å². The van der Waals surface area contributed by atoms with Gasteiger partial charge in [0, 0.05) is 47.8 Å². The van der Waals surface area contributed by atoms with Crippen LogP contribution in [0.5, 0.6) is 0 Å². The Labute approximate surface area is 251 Å². The van der Waals surface area contributed by atoms with Gasteiger partial charge < -0.3 is 10.6 Å². The smallest absolute Gasteiger partial charge is 0.291 e. The van der Waals surface area contributed by atoms with Crippen molar-refractivity contribution in [1.29, 1.82) is 0 Å². The predicted molar refractivity (Wildman–Crippen MR) is 162 cm³/mol. The molecule has 2 fully saturated rings. The number of carbonyl (C=O) groups excluding carboxylic acids is 3. The average molecular weight is 591 g/mol. The predicted octanol–water partition coefficient (Wildman–Crippen LogP) is 3.87. The van der Waals surface area contributed by atoms with Crippen LogP contribution in [0.2, 0.25) is 0 Å². The third kappa shape index (κ3) is 4.66. The Morgan fingerprint density at radius 3 is 2.36 bits per heavy atom. The number of anilines is 2. The fourth-order valence-corrected chi connectivity index (χ4v) is 6.65. The van der Waals surface area contributed by atoms with E-state index in [1.165, 1.54) is 18.4 Å². The molecule has 0 saturated carbocycles. The second kappa shape index (κ2) is 10.7. The van der Waals surface area contributed by atoms with E-state index in [2.05, 4.69) is 30.6 Å². The van der Waals surface area contributed by atoms with Crippen molar-refractivity contribution in [2.24, 2.45) is 0 Å². The normalized spacial score (nSPS) is 19.3. The number of H-pyrrole nitrogens is 1. The van der Waals surface area contributed by atoms with Crippen molar-refractivity contribution in [2.75, 3.05) is 11.1 Å². The first-order valence-electron chi connectivity index (χ1n) is 14.5. The highest BCUT2D eigenvalue weighted by molar-refractivity contribution is 6.00. The molecular weight excluding hydrogens is 560 g/mol. The number of hydrogen-bond acceptors (Lipinski definition) is 9. The number of fused-ring (bicyclic) bond motifs is 3. The van der Waals surface area contributed by atoms with E-state index in [4.69, 9.17) is 10.7 Å². The van der Waals surface area contributed by atoms with Crippen LogP contribution in [0.25, 0.3) is 28.0 Å². The summed E-state index contributed by atoms with van der Waals surface area (Å²) in [6, 6.07) is 13.7. The van der Waals surface area contributed by atoms with E-state index in [0.717, 1.165) is 35.2 Å². The summed E-state index contributed by atoms with van der Waals surface area (Å²) in [4.78, 5) is 53.5. The summed E-state index contributed by atoms with van der Waals surface area (Å²) in [7, 11) is 0. The Morgan fingerprint density at radius 2 is 1.70 bits per heavy atom. The Morgan fingerprint density at radius 1 is 0.955 bits per heavy atom. The van der Waals surface area contributed by atoms with Gasteiger partial charge in [0.2, 0.25) is 17.7 Å². The summed E-state index contributed by atoms with van der Waals surface area (Å²) in [6.07, 6.45) is 6.38. The molecule has 5 aromatic rings. The number of hydrogen-bond donors (Lipinski definition) is 3. The average Bonchev–Trinajstić information content (AvgIpc) is 3.73. The molecule has 2 amide bonds. The molecule has 0 radical (unpaired) electrons. The van der Waals surface area contributed by atoms with Gasteiger partial charge in [-0.2, -0.15) is 14.6 Å². The number of aromatic amines is 1. The number of nitrogens with two attached hydrogens (primary N) is 1. The first-order chi connectivity index (χ1) is 21.3. The number of rotatable bonds is 6. The van der Waals surface area contributed by atoms with Crippen LogP contribution < -0.4 is 11.1 Å². The highest BCUT2D eigenvalue weighted by Gasteiger charge is 2.46. The number of nitrogens with one attached hydrogen (secondary N) is 2. The zero-order valence-corrected chi connectivity index (χ0v) is 24.2. The summed E-state index contributed by atoms with van der Waals surface area (Å²) < 4.78 is 1.52. The van der Waals surface area contributed by atoms with Crippen LogP contribution >= 0.6 is 0 Å². The zero-order valence-electron chi connectivity index (χ0n) is 24.2. The third-order valence-corrected chi connectivity index (χ3v) is 8.54. The van der Waals surface area contributed by atoms with E-state index >= 15 is 0 Å². The molecule has 222 valence electrons. The molecule has 4 N–H and O–H groups in total. The van der Waals surface area contributed by atoms with Gasteiger partial charge in [-0.3, -0.25) is 29.8 Å². The van der Waals surface area contributed by atoms with E-state index in [9.17, 15) is 14.4 Å². The van der Waals surface area contributed by atoms with E-state index in [-0.39, 0.29) is 53.2 Å². The number of piperidine rings is 1. The van der Waals surface area contributed by atoms with Gasteiger partial charge in [-0.05, 0) is 38.7 Å². The zero-order chi connectivity index (χ0) is 30.5. The molecule has 1 unspecified atom stereocenters. The molecule has 2 saturated heterocycles. The van der Waals surface area contributed by atoms with E-state index in [0.29, 0.717) is 29.7 Å². The quantitative estimate of drug-likeness (QED) is 0.248. The van der Waals surface area contributed by atoms with Gasteiger partial charge in [-0.1, -0.05) is 36.4 Å². The van der Waals surface area contributed by atoms with Crippen molar-refractivity contribution >= 4 is 35.0 Å². The van der Waals surface area contributed by atoms with Crippen molar-refractivity contribution in [3.05, 3.63) is 71.9 Å². The fourth-order valence-electron chi connectivity index (χ4n) is 6.65. The van der Waals surface area contributed by atoms with Crippen LogP contribution in [0.3, 0.4) is 0 Å². The lowest BCUT2D eigenvalue weighted by molar-refractivity contribution is -0.114. The van der Waals surface area contributed by atoms with Gasteiger partial charge >= 0.3 is 0 Å². The van der Waals surface area contributed by atoms with Crippen molar-refractivity contribution in [2.45, 2.75) is 57.5 Å². The van der Waals surface area contributed by atoms with Crippen LogP contribution in [-0.4, -0.2) is 69.3 Å². The molecule has 13 heteroatoms. The molecular formula is C31H30N10O3. The van der Waals surface area contributed by atoms with E-state index in [1.54, 1.807) is 12.4 Å². The summed E-state index contributed by atoms with van der Waals surface area (Å²) in [6.45, 7) is 2.84. The first kappa shape index (κ1) is 27.4. The number of benzene rings is 1. The maximum Gasteiger partial charge on any atom is 0.291 e. The number of nitrogen functional groups attached to an aromatic ring is 1. The topological polar surface area (TPSA) is 177 Å². The molecule has 2 aliphatic rings. The van der Waals surface area contributed by atoms with Gasteiger partial charge in [0.25, 0.3) is 5.91 Å². The highest BCUT2D eigenvalue weighted by atomic mass is 16.2. The molecule has 4 aromatic heterocycles. The fraction of sp³-hybridized carbons (Fsp3) is 0.290. The van der Waals surface area contributed by atoms with Crippen LogP contribution in [0, 0.1) is 0 Å². The monoisotopic (exact) mass is 590 g/mol. The number of carbonyl (C=O) groups is 3. The summed E-state index contributed by atoms with van der Waals surface area (Å²) in [5.74, 6) is -0.480. The number of ketones is 1. The number of pyridine rings is 1. The maximum atomic E-state index is 13.5. The molecule has 1 aromatic carbocycles. The molecule has 44 heavy (non-hydrogen) atoms. The molecule has 2 bridgehead atoms. The van der Waals surface area contributed by atoms with Crippen LogP contribution in [0.4, 0.5) is 11.8 Å². The Balaban J connectivity index is 1.21. The molecule has 2 aliphatic heterocycles. The number of amides is 2. The van der Waals surface area contributed by atoms with Crippen molar-refractivity contribution in [3.63, 3.8) is 0 Å². The lowest BCUT2D eigenvalue weighted by atomic mass is 9.85. The second-order valence-corrected chi connectivity index (χ2v) is 11.4. The minimum Gasteiger partial charge on any atom is -0.383 e. The first-order valence-corrected chi connectivity index (χ1v) is 14.5. The highest BCUT2D eigenvalue weighted by Crippen LogP contribution is 2.45. The van der Waals surface area contributed by atoms with Gasteiger partial charge in [0.15, 0.2) is 11.4 Å². The molecule has 0 aliphatic carbocycles. The summed E-state index contributed by atoms with van der Waals surface area (Å²) >= 11 is 0. The van der Waals surface area contributed by atoms with E-state index in [1.807, 2.05) is 47.4 Å². The van der Waals surface area contributed by atoms with Crippen LogP contribution in [0.1, 0.15) is 72.1 Å². The summed E-state index contributed by atoms with van der Waals surface area (Å²) in [5, 5.41) is 13.6. The molecule has 13 nitrogen and oxygen atoms in total. The standard InChI is InChI=1S/C31H30N10O3/c1-16(42)25-26(20-12-21-9-10-22(13-20)40(21)30(44)28-37-31(39-38-28)35-17(2)43)36-29-23(15-34-41(29)27(25)32)19-8-11-24(33-14-19)18-6-4-3-5-7-18/h3-8,11,14-15,20-22H,9-10,12-13,32H2,1-2H3,(H2,35,37,38,39,43)/t20?,21-,22+. The number of nitrogens with zero attached hydrogens (tertiary/aromatic N) is 7. The van der Waals surface area contributed by atoms with Gasteiger partial charge in [0.1, 0.15) is 5.82 Å². The lowest BCUT2D eigenvalue weighted by Crippen LogP contribution is -2.46. The minimum absolute atomic E-state index is 0.0590. The molecule has 3 atom stereocenters. The summed E-state index contributed by atoms with van der Waals surface area (Å²) in [5.41, 5.74) is 11.6. The Kier molecular flexibility index (Phi) is 6.64. The largest absolute Gasteiger partial charge is 0.383 e. The molecule has 7 rings (SSSR count). The lowest BCUT2D eigenvalue weighted by Gasteiger charge is -2.38. The number of aromatic nitrogens is 7.